The summed E-state index contributed by atoms with van der Waals surface area (Å²) in [6, 6.07) is 6.25. The van der Waals surface area contributed by atoms with E-state index in [1.54, 1.807) is 12.1 Å². The highest BCUT2D eigenvalue weighted by Gasteiger charge is 2.24. The van der Waals surface area contributed by atoms with Crippen molar-refractivity contribution in [1.29, 1.82) is 0 Å². The van der Waals surface area contributed by atoms with Gasteiger partial charge in [0.25, 0.3) is 0 Å². The van der Waals surface area contributed by atoms with Gasteiger partial charge in [-0.25, -0.2) is 4.39 Å². The lowest BCUT2D eigenvalue weighted by Gasteiger charge is -2.35. The molecule has 0 aliphatic carbocycles. The monoisotopic (exact) mass is 437 g/mol. The zero-order valence-corrected chi connectivity index (χ0v) is 17.6. The Morgan fingerprint density at radius 3 is 2.54 bits per heavy atom. The average molecular weight is 438 g/mol. The van der Waals surface area contributed by atoms with Gasteiger partial charge in [0.1, 0.15) is 11.6 Å². The maximum Gasteiger partial charge on any atom is 0.224 e. The van der Waals surface area contributed by atoms with Gasteiger partial charge in [-0.2, -0.15) is 0 Å². The third-order valence-corrected chi connectivity index (χ3v) is 4.85. The van der Waals surface area contributed by atoms with Crippen LogP contribution < -0.4 is 10.1 Å². The molecule has 1 atom stereocenters. The van der Waals surface area contributed by atoms with Gasteiger partial charge in [-0.3, -0.25) is 9.69 Å². The zero-order valence-electron chi connectivity index (χ0n) is 16.0. The van der Waals surface area contributed by atoms with Gasteiger partial charge < -0.3 is 19.7 Å². The summed E-state index contributed by atoms with van der Waals surface area (Å²) in [5, 5.41) is 3.33. The molecule has 0 spiro atoms. The van der Waals surface area contributed by atoms with E-state index in [0.717, 1.165) is 52.3 Å². The Kier molecular flexibility index (Phi) is 11.7. The average Bonchev–Trinajstić information content (AvgIpc) is 2.68. The van der Waals surface area contributed by atoms with Crippen LogP contribution >= 0.6 is 24.8 Å². The molecule has 0 bridgehead atoms. The van der Waals surface area contributed by atoms with E-state index in [1.807, 2.05) is 4.90 Å². The third kappa shape index (κ3) is 8.09. The summed E-state index contributed by atoms with van der Waals surface area (Å²) in [6.07, 6.45) is 1.43. The van der Waals surface area contributed by atoms with Crippen LogP contribution in [0, 0.1) is 5.82 Å². The SMILES string of the molecule is Cl.Cl.O=C(CC1COCCN1)N1CCN(CCCOc2ccc(F)cc2)CC1. The number of rotatable bonds is 7. The molecule has 1 unspecified atom stereocenters. The maximum atomic E-state index is 12.8. The molecule has 2 fully saturated rings. The number of nitrogens with one attached hydrogen (secondary N) is 1. The molecule has 1 amide bonds. The summed E-state index contributed by atoms with van der Waals surface area (Å²) >= 11 is 0. The maximum absolute atomic E-state index is 12.8. The van der Waals surface area contributed by atoms with Crippen LogP contribution in [0.3, 0.4) is 0 Å². The number of benzene rings is 1. The lowest BCUT2D eigenvalue weighted by atomic mass is 10.1. The van der Waals surface area contributed by atoms with Crippen molar-refractivity contribution in [2.75, 3.05) is 59.1 Å². The number of carbonyl (C=O) groups excluding carboxylic acids is 1. The molecule has 1 aromatic rings. The van der Waals surface area contributed by atoms with E-state index in [0.29, 0.717) is 25.4 Å². The number of halogens is 3. The number of ether oxygens (including phenoxy) is 2. The van der Waals surface area contributed by atoms with E-state index in [2.05, 4.69) is 10.2 Å². The summed E-state index contributed by atoms with van der Waals surface area (Å²) in [5.41, 5.74) is 0. The number of carbonyl (C=O) groups is 1. The van der Waals surface area contributed by atoms with Gasteiger partial charge in [-0.05, 0) is 30.7 Å². The minimum absolute atomic E-state index is 0. The summed E-state index contributed by atoms with van der Waals surface area (Å²) in [6.45, 7) is 7.10. The minimum atomic E-state index is -0.253. The fraction of sp³-hybridized carbons (Fsp3) is 0.632. The molecule has 2 aliphatic heterocycles. The van der Waals surface area contributed by atoms with Crippen molar-refractivity contribution >= 4 is 30.7 Å². The molecule has 0 saturated carbocycles. The lowest BCUT2D eigenvalue weighted by Crippen LogP contribution is -2.51. The van der Waals surface area contributed by atoms with Crippen molar-refractivity contribution in [3.8, 4) is 5.75 Å². The molecule has 9 heteroatoms. The second-order valence-electron chi connectivity index (χ2n) is 6.81. The van der Waals surface area contributed by atoms with Crippen LogP contribution in [0.15, 0.2) is 24.3 Å². The van der Waals surface area contributed by atoms with Crippen LogP contribution in [0.1, 0.15) is 12.8 Å². The van der Waals surface area contributed by atoms with Crippen molar-refractivity contribution in [3.63, 3.8) is 0 Å². The van der Waals surface area contributed by atoms with Crippen LogP contribution in [0.25, 0.3) is 0 Å². The number of morpholine rings is 1. The molecule has 2 aliphatic rings. The highest BCUT2D eigenvalue weighted by Crippen LogP contribution is 2.12. The summed E-state index contributed by atoms with van der Waals surface area (Å²) in [4.78, 5) is 16.7. The van der Waals surface area contributed by atoms with Gasteiger partial charge >= 0.3 is 0 Å². The number of hydrogen-bond acceptors (Lipinski definition) is 5. The highest BCUT2D eigenvalue weighted by molar-refractivity contribution is 5.85. The Morgan fingerprint density at radius 1 is 1.18 bits per heavy atom. The van der Waals surface area contributed by atoms with E-state index < -0.39 is 0 Å². The predicted octanol–water partition coefficient (Wildman–Crippen LogP) is 1.96. The Bertz CT molecular complexity index is 566. The molecule has 28 heavy (non-hydrogen) atoms. The van der Waals surface area contributed by atoms with E-state index in [-0.39, 0.29) is 42.6 Å². The van der Waals surface area contributed by atoms with Crippen molar-refractivity contribution in [2.45, 2.75) is 18.9 Å². The molecule has 1 aromatic carbocycles. The van der Waals surface area contributed by atoms with Gasteiger partial charge in [-0.1, -0.05) is 0 Å². The van der Waals surface area contributed by atoms with Crippen LogP contribution in [-0.2, 0) is 9.53 Å². The predicted molar refractivity (Wildman–Crippen MR) is 111 cm³/mol. The Hall–Kier alpha value is -1.12. The van der Waals surface area contributed by atoms with Gasteiger partial charge in [0, 0.05) is 51.7 Å². The van der Waals surface area contributed by atoms with Gasteiger partial charge in [-0.15, -0.1) is 24.8 Å². The summed E-state index contributed by atoms with van der Waals surface area (Å²) < 4.78 is 23.9. The second-order valence-corrected chi connectivity index (χ2v) is 6.81. The standard InChI is InChI=1S/C19H28FN3O3.2ClH/c20-16-2-4-18(5-3-16)26-12-1-7-22-8-10-23(11-9-22)19(24)14-17-15-25-13-6-21-17;;/h2-5,17,21H,1,6-15H2;2*1H. The largest absolute Gasteiger partial charge is 0.494 e. The minimum Gasteiger partial charge on any atom is -0.494 e. The molecule has 2 heterocycles. The van der Waals surface area contributed by atoms with Crippen LogP contribution in [0.5, 0.6) is 5.75 Å². The summed E-state index contributed by atoms with van der Waals surface area (Å²) in [7, 11) is 0. The number of hydrogen-bond donors (Lipinski definition) is 1. The third-order valence-electron chi connectivity index (χ3n) is 4.85. The fourth-order valence-corrected chi connectivity index (χ4v) is 3.32. The number of piperazine rings is 1. The van der Waals surface area contributed by atoms with E-state index >= 15 is 0 Å². The Balaban J connectivity index is 0.00000196. The van der Waals surface area contributed by atoms with Crippen LogP contribution in [0.4, 0.5) is 4.39 Å². The van der Waals surface area contributed by atoms with Gasteiger partial charge in [0.05, 0.1) is 19.8 Å². The highest BCUT2D eigenvalue weighted by atomic mass is 35.5. The van der Waals surface area contributed by atoms with E-state index in [4.69, 9.17) is 9.47 Å². The Morgan fingerprint density at radius 2 is 1.89 bits per heavy atom. The fourth-order valence-electron chi connectivity index (χ4n) is 3.32. The van der Waals surface area contributed by atoms with Crippen molar-refractivity contribution in [2.24, 2.45) is 0 Å². The second kappa shape index (κ2) is 13.2. The van der Waals surface area contributed by atoms with Crippen LogP contribution in [0.2, 0.25) is 0 Å². The molecule has 160 valence electrons. The van der Waals surface area contributed by atoms with Crippen molar-refractivity contribution in [3.05, 3.63) is 30.1 Å². The first-order valence-electron chi connectivity index (χ1n) is 9.40. The first-order chi connectivity index (χ1) is 12.7. The number of amides is 1. The normalized spacial score (nSPS) is 20.0. The topological polar surface area (TPSA) is 54.0 Å². The van der Waals surface area contributed by atoms with Gasteiger partial charge in [0.15, 0.2) is 0 Å². The molecule has 0 aromatic heterocycles. The lowest BCUT2D eigenvalue weighted by molar-refractivity contribution is -0.134. The molecule has 0 radical (unpaired) electrons. The zero-order chi connectivity index (χ0) is 18.2. The number of nitrogens with zero attached hydrogens (tertiary/aromatic N) is 2. The molecule has 1 N–H and O–H groups in total. The first-order valence-corrected chi connectivity index (χ1v) is 9.40. The molecule has 3 rings (SSSR count). The smallest absolute Gasteiger partial charge is 0.224 e. The Labute approximate surface area is 178 Å². The first kappa shape index (κ1) is 24.9. The van der Waals surface area contributed by atoms with Crippen LogP contribution in [-0.4, -0.2) is 80.8 Å². The van der Waals surface area contributed by atoms with E-state index in [1.165, 1.54) is 12.1 Å². The quantitative estimate of drug-likeness (QED) is 0.660. The van der Waals surface area contributed by atoms with Crippen molar-refractivity contribution < 1.29 is 18.7 Å². The molecule has 6 nitrogen and oxygen atoms in total. The molecular weight excluding hydrogens is 408 g/mol. The van der Waals surface area contributed by atoms with Gasteiger partial charge in [0.2, 0.25) is 5.91 Å². The summed E-state index contributed by atoms with van der Waals surface area (Å²) in [5.74, 6) is 0.658. The van der Waals surface area contributed by atoms with E-state index in [9.17, 15) is 9.18 Å². The molecule has 2 saturated heterocycles. The molecular formula is C19H30Cl2FN3O3. The van der Waals surface area contributed by atoms with Crippen molar-refractivity contribution in [1.82, 2.24) is 15.1 Å².